The molecule has 1 heterocycles. The third-order valence-electron chi connectivity index (χ3n) is 3.85. The Morgan fingerprint density at radius 2 is 1.95 bits per heavy atom. The summed E-state index contributed by atoms with van der Waals surface area (Å²) in [5.74, 6) is 2.97. The Balaban J connectivity index is 2.20. The van der Waals surface area contributed by atoms with Gasteiger partial charge in [0.1, 0.15) is 13.2 Å². The van der Waals surface area contributed by atoms with Crippen LogP contribution in [0, 0.1) is 5.92 Å². The summed E-state index contributed by atoms with van der Waals surface area (Å²) in [4.78, 5) is 0. The van der Waals surface area contributed by atoms with E-state index in [1.807, 2.05) is 13.1 Å². The highest BCUT2D eigenvalue weighted by molar-refractivity contribution is 5.45. The van der Waals surface area contributed by atoms with E-state index < -0.39 is 0 Å². The average Bonchev–Trinajstić information content (AvgIpc) is 2.44. The van der Waals surface area contributed by atoms with Crippen LogP contribution in [-0.2, 0) is 0 Å². The van der Waals surface area contributed by atoms with Crippen molar-refractivity contribution in [2.45, 2.75) is 32.6 Å². The molecule has 3 nitrogen and oxygen atoms in total. The van der Waals surface area contributed by atoms with E-state index in [0.29, 0.717) is 25.0 Å². The van der Waals surface area contributed by atoms with Gasteiger partial charge < -0.3 is 14.8 Å². The Labute approximate surface area is 116 Å². The van der Waals surface area contributed by atoms with Gasteiger partial charge in [0.25, 0.3) is 0 Å². The summed E-state index contributed by atoms with van der Waals surface area (Å²) in [6, 6.07) is 6.38. The van der Waals surface area contributed by atoms with Gasteiger partial charge in [-0.25, -0.2) is 0 Å². The summed E-state index contributed by atoms with van der Waals surface area (Å²) < 4.78 is 11.3. The van der Waals surface area contributed by atoms with Crippen LogP contribution in [0.5, 0.6) is 11.5 Å². The van der Waals surface area contributed by atoms with Crippen LogP contribution >= 0.6 is 0 Å². The van der Waals surface area contributed by atoms with E-state index in [-0.39, 0.29) is 0 Å². The molecule has 3 heteroatoms. The van der Waals surface area contributed by atoms with Gasteiger partial charge in [-0.05, 0) is 36.6 Å². The van der Waals surface area contributed by atoms with Crippen LogP contribution in [0.15, 0.2) is 18.2 Å². The van der Waals surface area contributed by atoms with Crippen molar-refractivity contribution in [1.82, 2.24) is 5.32 Å². The minimum atomic E-state index is 0.528. The predicted octanol–water partition coefficient (Wildman–Crippen LogP) is 3.20. The quantitative estimate of drug-likeness (QED) is 0.855. The zero-order chi connectivity index (χ0) is 13.7. The first-order valence-corrected chi connectivity index (χ1v) is 7.30. The highest BCUT2D eigenvalue weighted by Crippen LogP contribution is 2.36. The zero-order valence-corrected chi connectivity index (χ0v) is 12.2. The van der Waals surface area contributed by atoms with E-state index >= 15 is 0 Å². The van der Waals surface area contributed by atoms with Gasteiger partial charge in [-0.3, -0.25) is 0 Å². The molecule has 0 amide bonds. The molecule has 1 N–H and O–H groups in total. The molecule has 1 aromatic carbocycles. The van der Waals surface area contributed by atoms with Gasteiger partial charge in [-0.1, -0.05) is 32.8 Å². The lowest BCUT2D eigenvalue weighted by Crippen LogP contribution is -2.23. The summed E-state index contributed by atoms with van der Waals surface area (Å²) in [7, 11) is 2.02. The van der Waals surface area contributed by atoms with Crippen molar-refractivity contribution in [2.24, 2.45) is 5.92 Å². The van der Waals surface area contributed by atoms with Gasteiger partial charge in [0.05, 0.1) is 0 Å². The molecule has 19 heavy (non-hydrogen) atoms. The second-order valence-corrected chi connectivity index (χ2v) is 5.33. The Hall–Kier alpha value is -1.22. The van der Waals surface area contributed by atoms with E-state index in [1.54, 1.807) is 0 Å². The Morgan fingerprint density at radius 1 is 1.21 bits per heavy atom. The van der Waals surface area contributed by atoms with Gasteiger partial charge in [0, 0.05) is 6.54 Å². The molecule has 0 saturated carbocycles. The third-order valence-corrected chi connectivity index (χ3v) is 3.85. The molecule has 1 aliphatic heterocycles. The van der Waals surface area contributed by atoms with Crippen LogP contribution in [-0.4, -0.2) is 26.8 Å². The SMILES string of the molecule is CCCC(C)C(CNC)c1ccc2c(c1)OCCO2. The van der Waals surface area contributed by atoms with Gasteiger partial charge in [0.15, 0.2) is 11.5 Å². The maximum Gasteiger partial charge on any atom is 0.161 e. The van der Waals surface area contributed by atoms with Crippen molar-refractivity contribution in [1.29, 1.82) is 0 Å². The summed E-state index contributed by atoms with van der Waals surface area (Å²) in [6.07, 6.45) is 2.48. The number of hydrogen-bond acceptors (Lipinski definition) is 3. The lowest BCUT2D eigenvalue weighted by atomic mass is 9.84. The van der Waals surface area contributed by atoms with E-state index in [4.69, 9.17) is 9.47 Å². The number of hydrogen-bond donors (Lipinski definition) is 1. The molecule has 0 bridgehead atoms. The second kappa shape index (κ2) is 6.80. The fourth-order valence-electron chi connectivity index (χ4n) is 2.81. The topological polar surface area (TPSA) is 30.5 Å². The summed E-state index contributed by atoms with van der Waals surface area (Å²) in [6.45, 7) is 6.88. The van der Waals surface area contributed by atoms with Crippen molar-refractivity contribution in [3.8, 4) is 11.5 Å². The minimum Gasteiger partial charge on any atom is -0.486 e. The van der Waals surface area contributed by atoms with Crippen LogP contribution in [0.1, 0.15) is 38.2 Å². The summed E-state index contributed by atoms with van der Waals surface area (Å²) in [5, 5.41) is 3.31. The van der Waals surface area contributed by atoms with Crippen molar-refractivity contribution in [3.63, 3.8) is 0 Å². The van der Waals surface area contributed by atoms with Crippen LogP contribution in [0.2, 0.25) is 0 Å². The van der Waals surface area contributed by atoms with Crippen LogP contribution in [0.25, 0.3) is 0 Å². The Kier molecular flexibility index (Phi) is 5.08. The van der Waals surface area contributed by atoms with Crippen LogP contribution < -0.4 is 14.8 Å². The minimum absolute atomic E-state index is 0.528. The largest absolute Gasteiger partial charge is 0.486 e. The highest BCUT2D eigenvalue weighted by atomic mass is 16.6. The number of ether oxygens (including phenoxy) is 2. The van der Waals surface area contributed by atoms with E-state index in [1.165, 1.54) is 18.4 Å². The van der Waals surface area contributed by atoms with Crippen molar-refractivity contribution < 1.29 is 9.47 Å². The normalized spacial score (nSPS) is 17.0. The zero-order valence-electron chi connectivity index (χ0n) is 12.2. The number of nitrogens with one attached hydrogen (secondary N) is 1. The maximum atomic E-state index is 5.69. The lowest BCUT2D eigenvalue weighted by molar-refractivity contribution is 0.171. The first-order valence-electron chi connectivity index (χ1n) is 7.30. The van der Waals surface area contributed by atoms with E-state index in [2.05, 4.69) is 31.3 Å². The lowest BCUT2D eigenvalue weighted by Gasteiger charge is -2.26. The smallest absolute Gasteiger partial charge is 0.161 e. The first kappa shape index (κ1) is 14.2. The molecule has 2 atom stereocenters. The standard InChI is InChI=1S/C16H25NO2/c1-4-5-12(2)14(11-17-3)13-6-7-15-16(10-13)19-9-8-18-15/h6-7,10,12,14,17H,4-5,8-9,11H2,1-3H3. The molecule has 0 aliphatic carbocycles. The number of benzene rings is 1. The third kappa shape index (κ3) is 3.41. The summed E-state index contributed by atoms with van der Waals surface area (Å²) in [5.41, 5.74) is 1.35. The van der Waals surface area contributed by atoms with Crippen LogP contribution in [0.3, 0.4) is 0 Å². The maximum absolute atomic E-state index is 5.69. The number of fused-ring (bicyclic) bond motifs is 1. The Bertz CT molecular complexity index is 406. The van der Waals surface area contributed by atoms with Gasteiger partial charge in [-0.15, -0.1) is 0 Å². The first-order chi connectivity index (χ1) is 9.26. The van der Waals surface area contributed by atoms with Crippen molar-refractivity contribution >= 4 is 0 Å². The molecule has 0 spiro atoms. The number of rotatable bonds is 6. The van der Waals surface area contributed by atoms with E-state index in [0.717, 1.165) is 18.0 Å². The molecule has 2 unspecified atom stereocenters. The fourth-order valence-corrected chi connectivity index (χ4v) is 2.81. The fraction of sp³-hybridized carbons (Fsp3) is 0.625. The molecular formula is C16H25NO2. The van der Waals surface area contributed by atoms with E-state index in [9.17, 15) is 0 Å². The van der Waals surface area contributed by atoms with Gasteiger partial charge in [0.2, 0.25) is 0 Å². The molecule has 0 radical (unpaired) electrons. The Morgan fingerprint density at radius 3 is 2.63 bits per heavy atom. The average molecular weight is 263 g/mol. The van der Waals surface area contributed by atoms with Gasteiger partial charge >= 0.3 is 0 Å². The molecule has 0 saturated heterocycles. The van der Waals surface area contributed by atoms with Crippen molar-refractivity contribution in [2.75, 3.05) is 26.8 Å². The molecular weight excluding hydrogens is 238 g/mol. The molecule has 0 aromatic heterocycles. The highest BCUT2D eigenvalue weighted by Gasteiger charge is 2.21. The molecule has 106 valence electrons. The van der Waals surface area contributed by atoms with Crippen LogP contribution in [0.4, 0.5) is 0 Å². The second-order valence-electron chi connectivity index (χ2n) is 5.33. The molecule has 0 fully saturated rings. The monoisotopic (exact) mass is 263 g/mol. The van der Waals surface area contributed by atoms with Gasteiger partial charge in [-0.2, -0.15) is 0 Å². The van der Waals surface area contributed by atoms with Crippen molar-refractivity contribution in [3.05, 3.63) is 23.8 Å². The molecule has 1 aliphatic rings. The summed E-state index contributed by atoms with van der Waals surface area (Å²) >= 11 is 0. The molecule has 2 rings (SSSR count). The molecule has 1 aromatic rings. The number of likely N-dealkylation sites (N-methyl/N-ethyl adjacent to an activating group) is 1. The predicted molar refractivity (Wildman–Crippen MR) is 78.2 cm³/mol.